The molecular formula is C25H19Br2ClN2O2. The van der Waals surface area contributed by atoms with E-state index in [0.717, 1.165) is 16.7 Å². The molecule has 0 aliphatic heterocycles. The Morgan fingerprint density at radius 1 is 1.09 bits per heavy atom. The van der Waals surface area contributed by atoms with Crippen molar-refractivity contribution in [3.63, 3.8) is 0 Å². The lowest BCUT2D eigenvalue weighted by atomic mass is 10.1. The van der Waals surface area contributed by atoms with Crippen molar-refractivity contribution in [1.29, 1.82) is 5.26 Å². The maximum Gasteiger partial charge on any atom is 0.266 e. The molecule has 3 rings (SSSR count). The summed E-state index contributed by atoms with van der Waals surface area (Å²) in [5, 5.41) is 13.0. The maximum absolute atomic E-state index is 12.6. The topological polar surface area (TPSA) is 62.1 Å². The zero-order valence-corrected chi connectivity index (χ0v) is 21.3. The van der Waals surface area contributed by atoms with Gasteiger partial charge in [0.2, 0.25) is 0 Å². The number of halogens is 3. The minimum atomic E-state index is -0.463. The number of anilines is 1. The van der Waals surface area contributed by atoms with Gasteiger partial charge in [-0.15, -0.1) is 0 Å². The number of amides is 1. The lowest BCUT2D eigenvalue weighted by molar-refractivity contribution is -0.112. The number of hydrogen-bond acceptors (Lipinski definition) is 3. The van der Waals surface area contributed by atoms with Gasteiger partial charge in [0.25, 0.3) is 5.91 Å². The number of nitrogens with zero attached hydrogens (tertiary/aromatic N) is 1. The summed E-state index contributed by atoms with van der Waals surface area (Å²) in [6, 6.07) is 18.7. The Morgan fingerprint density at radius 2 is 1.75 bits per heavy atom. The van der Waals surface area contributed by atoms with Crippen molar-refractivity contribution < 1.29 is 9.53 Å². The third kappa shape index (κ3) is 6.23. The lowest BCUT2D eigenvalue weighted by Gasteiger charge is -2.12. The second-order valence-electron chi connectivity index (χ2n) is 7.17. The minimum absolute atomic E-state index is 0.00129. The predicted octanol–water partition coefficient (Wildman–Crippen LogP) is 7.61. The van der Waals surface area contributed by atoms with Gasteiger partial charge < -0.3 is 10.1 Å². The molecule has 0 aromatic heterocycles. The highest BCUT2D eigenvalue weighted by Crippen LogP contribution is 2.36. The molecule has 0 heterocycles. The van der Waals surface area contributed by atoms with E-state index in [1.807, 2.05) is 62.4 Å². The molecular weight excluding hydrogens is 556 g/mol. The second-order valence-corrected chi connectivity index (χ2v) is 9.32. The fourth-order valence-electron chi connectivity index (χ4n) is 3.00. The number of carbonyl (C=O) groups excluding carboxylic acids is 1. The van der Waals surface area contributed by atoms with E-state index in [1.54, 1.807) is 12.1 Å². The average molecular weight is 575 g/mol. The van der Waals surface area contributed by atoms with Crippen LogP contribution in [0.5, 0.6) is 5.75 Å². The van der Waals surface area contributed by atoms with Crippen molar-refractivity contribution in [2.75, 3.05) is 5.32 Å². The van der Waals surface area contributed by atoms with E-state index < -0.39 is 5.91 Å². The Morgan fingerprint density at radius 3 is 2.34 bits per heavy atom. The lowest BCUT2D eigenvalue weighted by Crippen LogP contribution is -2.14. The Bertz CT molecular complexity index is 1210. The van der Waals surface area contributed by atoms with Crippen LogP contribution in [-0.4, -0.2) is 5.91 Å². The van der Waals surface area contributed by atoms with Crippen molar-refractivity contribution in [2.24, 2.45) is 0 Å². The second kappa shape index (κ2) is 10.8. The highest BCUT2D eigenvalue weighted by Gasteiger charge is 2.13. The quantitative estimate of drug-likeness (QED) is 0.244. The monoisotopic (exact) mass is 572 g/mol. The van der Waals surface area contributed by atoms with Gasteiger partial charge in [0.15, 0.2) is 0 Å². The molecule has 0 spiro atoms. The van der Waals surface area contributed by atoms with E-state index in [0.29, 0.717) is 37.6 Å². The molecule has 0 saturated carbocycles. The van der Waals surface area contributed by atoms with Crippen LogP contribution < -0.4 is 10.1 Å². The summed E-state index contributed by atoms with van der Waals surface area (Å²) < 4.78 is 7.31. The highest BCUT2D eigenvalue weighted by atomic mass is 79.9. The molecule has 3 aromatic rings. The normalized spacial score (nSPS) is 11.1. The largest absolute Gasteiger partial charge is 0.487 e. The molecule has 1 N–H and O–H groups in total. The van der Waals surface area contributed by atoms with Crippen molar-refractivity contribution >= 4 is 61.1 Å². The van der Waals surface area contributed by atoms with E-state index in [4.69, 9.17) is 16.3 Å². The van der Waals surface area contributed by atoms with Crippen molar-refractivity contribution in [1.82, 2.24) is 0 Å². The molecule has 0 saturated heterocycles. The van der Waals surface area contributed by atoms with E-state index in [2.05, 4.69) is 37.2 Å². The van der Waals surface area contributed by atoms with Crippen molar-refractivity contribution in [3.8, 4) is 11.8 Å². The summed E-state index contributed by atoms with van der Waals surface area (Å²) in [4.78, 5) is 12.6. The zero-order chi connectivity index (χ0) is 23.3. The van der Waals surface area contributed by atoms with Crippen LogP contribution in [0.2, 0.25) is 5.02 Å². The van der Waals surface area contributed by atoms with Crippen molar-refractivity contribution in [2.45, 2.75) is 20.5 Å². The molecule has 0 bridgehead atoms. The first kappa shape index (κ1) is 24.1. The van der Waals surface area contributed by atoms with Crippen LogP contribution in [0.3, 0.4) is 0 Å². The molecule has 0 aliphatic rings. The first-order valence-corrected chi connectivity index (χ1v) is 11.6. The van der Waals surface area contributed by atoms with Crippen LogP contribution in [0.15, 0.2) is 69.1 Å². The Kier molecular flexibility index (Phi) is 8.14. The number of hydrogen-bond donors (Lipinski definition) is 1. The number of ether oxygens (including phenoxy) is 1. The molecule has 3 aromatic carbocycles. The summed E-state index contributed by atoms with van der Waals surface area (Å²) in [5.41, 5.74) is 4.36. The first-order chi connectivity index (χ1) is 15.3. The van der Waals surface area contributed by atoms with E-state index in [9.17, 15) is 10.1 Å². The number of rotatable bonds is 6. The van der Waals surface area contributed by atoms with Crippen LogP contribution in [0.1, 0.15) is 22.3 Å². The Balaban J connectivity index is 1.77. The summed E-state index contributed by atoms with van der Waals surface area (Å²) in [6.07, 6.45) is 1.54. The van der Waals surface area contributed by atoms with Gasteiger partial charge >= 0.3 is 0 Å². The van der Waals surface area contributed by atoms with Gasteiger partial charge in [-0.1, -0.05) is 41.4 Å². The highest BCUT2D eigenvalue weighted by molar-refractivity contribution is 9.11. The van der Waals surface area contributed by atoms with Gasteiger partial charge in [-0.25, -0.2) is 0 Å². The summed E-state index contributed by atoms with van der Waals surface area (Å²) in [6.45, 7) is 4.26. The molecule has 0 aliphatic carbocycles. The summed E-state index contributed by atoms with van der Waals surface area (Å²) in [5.74, 6) is 0.158. The zero-order valence-electron chi connectivity index (χ0n) is 17.4. The number of carbonyl (C=O) groups is 1. The van der Waals surface area contributed by atoms with Crippen LogP contribution in [0.25, 0.3) is 6.08 Å². The number of benzene rings is 3. The Labute approximate surface area is 209 Å². The smallest absolute Gasteiger partial charge is 0.266 e. The number of nitrogens with one attached hydrogen (secondary N) is 1. The summed E-state index contributed by atoms with van der Waals surface area (Å²) >= 11 is 12.9. The predicted molar refractivity (Wildman–Crippen MR) is 136 cm³/mol. The van der Waals surface area contributed by atoms with Crippen LogP contribution in [-0.2, 0) is 11.4 Å². The molecule has 0 fully saturated rings. The molecule has 0 atom stereocenters. The molecule has 4 nitrogen and oxygen atoms in total. The van der Waals surface area contributed by atoms with Crippen molar-refractivity contribution in [3.05, 3.63) is 96.4 Å². The van der Waals surface area contributed by atoms with Gasteiger partial charge in [-0.2, -0.15) is 5.26 Å². The molecule has 7 heteroatoms. The molecule has 0 unspecified atom stereocenters. The fraction of sp³-hybridized carbons (Fsp3) is 0.120. The standard InChI is InChI=1S/C25H19Br2ClN2O2/c1-15-3-8-23(16(2)9-15)30-25(31)19(13-29)10-18-11-21(26)24(22(27)12-18)32-14-17-4-6-20(28)7-5-17/h3-12H,14H2,1-2H3,(H,30,31)/b19-10+. The third-order valence-electron chi connectivity index (χ3n) is 4.62. The number of aryl methyl sites for hydroxylation is 2. The van der Waals surface area contributed by atoms with Gasteiger partial charge in [0, 0.05) is 10.7 Å². The van der Waals surface area contributed by atoms with Gasteiger partial charge in [0.1, 0.15) is 24.0 Å². The van der Waals surface area contributed by atoms with E-state index in [1.165, 1.54) is 6.08 Å². The Hall–Kier alpha value is -2.59. The average Bonchev–Trinajstić information content (AvgIpc) is 2.74. The van der Waals surface area contributed by atoms with Crippen LogP contribution in [0.4, 0.5) is 5.69 Å². The third-order valence-corrected chi connectivity index (χ3v) is 6.05. The number of nitriles is 1. The molecule has 162 valence electrons. The van der Waals surface area contributed by atoms with Gasteiger partial charge in [-0.05, 0) is 98.8 Å². The molecule has 0 radical (unpaired) electrons. The van der Waals surface area contributed by atoms with Crippen LogP contribution in [0, 0.1) is 25.2 Å². The molecule has 32 heavy (non-hydrogen) atoms. The minimum Gasteiger partial charge on any atom is -0.487 e. The van der Waals surface area contributed by atoms with Gasteiger partial charge in [0.05, 0.1) is 8.95 Å². The molecule has 1 amide bonds. The fourth-order valence-corrected chi connectivity index (χ4v) is 4.57. The first-order valence-electron chi connectivity index (χ1n) is 9.63. The summed E-state index contributed by atoms with van der Waals surface area (Å²) in [7, 11) is 0. The maximum atomic E-state index is 12.6. The van der Waals surface area contributed by atoms with Crippen LogP contribution >= 0.6 is 43.5 Å². The van der Waals surface area contributed by atoms with E-state index in [-0.39, 0.29) is 5.57 Å². The SMILES string of the molecule is Cc1ccc(NC(=O)/C(C#N)=C/c2cc(Br)c(OCc3ccc(Cl)cc3)c(Br)c2)c(C)c1. The van der Waals surface area contributed by atoms with E-state index >= 15 is 0 Å². The van der Waals surface area contributed by atoms with Gasteiger partial charge in [-0.3, -0.25) is 4.79 Å².